The summed E-state index contributed by atoms with van der Waals surface area (Å²) in [5.74, 6) is -2.51. The normalized spacial score (nSPS) is 18.6. The number of anilines is 1. The van der Waals surface area contributed by atoms with Crippen LogP contribution >= 0.6 is 22.9 Å². The molecule has 0 aliphatic carbocycles. The number of halogens is 1. The standard InChI is InChI=1S/C20H24ClN5O5S/c1-4-10-17(21)25-18(23-10)15(28)13(22)9-6-7-26(8-12(9)31-3)20-24-14(11(27)5-2)16(32-20)19(29)30/h9,12,22H,4-8H2,1-3H3,(H,23,25)(H,29,30)/t9?,12-/m0/s1. The topological polar surface area (TPSA) is 149 Å². The number of aromatic carboxylic acids is 1. The monoisotopic (exact) mass is 481 g/mol. The minimum atomic E-state index is -1.19. The lowest BCUT2D eigenvalue weighted by molar-refractivity contribution is 0.0647. The maximum Gasteiger partial charge on any atom is 0.348 e. The number of piperidine rings is 1. The number of hydrogen-bond donors (Lipinski definition) is 3. The van der Waals surface area contributed by atoms with Crippen LogP contribution in [0.4, 0.5) is 5.13 Å². The molecule has 0 bridgehead atoms. The number of H-pyrrole nitrogens is 1. The molecular weight excluding hydrogens is 458 g/mol. The summed E-state index contributed by atoms with van der Waals surface area (Å²) in [5.41, 5.74) is 0.466. The molecule has 1 saturated heterocycles. The number of methoxy groups -OCH3 is 1. The van der Waals surface area contributed by atoms with Crippen molar-refractivity contribution in [2.45, 2.75) is 39.2 Å². The summed E-state index contributed by atoms with van der Waals surface area (Å²) in [5, 5.41) is 18.5. The predicted octanol–water partition coefficient (Wildman–Crippen LogP) is 3.12. The van der Waals surface area contributed by atoms with Crippen molar-refractivity contribution in [1.82, 2.24) is 15.0 Å². The van der Waals surface area contributed by atoms with Gasteiger partial charge in [0.1, 0.15) is 10.6 Å². The second-order valence-electron chi connectivity index (χ2n) is 7.32. The van der Waals surface area contributed by atoms with Gasteiger partial charge in [0.05, 0.1) is 17.5 Å². The Balaban J connectivity index is 1.79. The molecule has 3 N–H and O–H groups in total. The number of carboxylic acid groups (broad SMARTS) is 1. The highest BCUT2D eigenvalue weighted by Crippen LogP contribution is 2.32. The zero-order chi connectivity index (χ0) is 23.6. The zero-order valence-electron chi connectivity index (χ0n) is 17.9. The lowest BCUT2D eigenvalue weighted by atomic mass is 9.87. The van der Waals surface area contributed by atoms with Crippen LogP contribution in [0.1, 0.15) is 63.2 Å². The van der Waals surface area contributed by atoms with Crippen LogP contribution in [0, 0.1) is 11.3 Å². The molecule has 172 valence electrons. The molecule has 0 amide bonds. The molecule has 0 aromatic carbocycles. The van der Waals surface area contributed by atoms with Crippen LogP contribution in [0.5, 0.6) is 0 Å². The number of imidazole rings is 1. The summed E-state index contributed by atoms with van der Waals surface area (Å²) in [6.45, 7) is 4.25. The van der Waals surface area contributed by atoms with E-state index < -0.39 is 23.8 Å². The van der Waals surface area contributed by atoms with E-state index in [0.717, 1.165) is 11.3 Å². The molecule has 12 heteroatoms. The number of ketones is 2. The molecule has 1 aliphatic rings. The first-order chi connectivity index (χ1) is 15.2. The number of Topliss-reactive ketones (excluding diaryl/α,β-unsaturated/α-hetero) is 2. The van der Waals surface area contributed by atoms with Gasteiger partial charge in [-0.3, -0.25) is 9.59 Å². The fourth-order valence-corrected chi connectivity index (χ4v) is 4.85. The van der Waals surface area contributed by atoms with E-state index in [4.69, 9.17) is 21.7 Å². The minimum Gasteiger partial charge on any atom is -0.477 e. The highest BCUT2D eigenvalue weighted by Gasteiger charge is 2.37. The average Bonchev–Trinajstić information content (AvgIpc) is 3.41. The molecule has 0 spiro atoms. The van der Waals surface area contributed by atoms with Crippen molar-refractivity contribution in [1.29, 1.82) is 5.41 Å². The summed E-state index contributed by atoms with van der Waals surface area (Å²) in [7, 11) is 1.49. The van der Waals surface area contributed by atoms with Crippen LogP contribution in [0.15, 0.2) is 0 Å². The van der Waals surface area contributed by atoms with E-state index in [1.54, 1.807) is 6.92 Å². The number of rotatable bonds is 9. The van der Waals surface area contributed by atoms with E-state index in [2.05, 4.69) is 15.0 Å². The third kappa shape index (κ3) is 4.59. The van der Waals surface area contributed by atoms with Gasteiger partial charge >= 0.3 is 5.97 Å². The summed E-state index contributed by atoms with van der Waals surface area (Å²) < 4.78 is 5.57. The number of carbonyl (C=O) groups is 3. The van der Waals surface area contributed by atoms with Gasteiger partial charge in [0.15, 0.2) is 21.9 Å². The number of carboxylic acids is 1. The largest absolute Gasteiger partial charge is 0.477 e. The molecule has 3 rings (SSSR count). The Labute approximate surface area is 193 Å². The van der Waals surface area contributed by atoms with Gasteiger partial charge < -0.3 is 25.1 Å². The minimum absolute atomic E-state index is 0.0304. The number of hydrogen-bond acceptors (Lipinski definition) is 9. The Morgan fingerprint density at radius 3 is 2.62 bits per heavy atom. The number of aromatic amines is 1. The van der Waals surface area contributed by atoms with E-state index in [-0.39, 0.29) is 39.5 Å². The number of aryl methyl sites for hydroxylation is 1. The highest BCUT2D eigenvalue weighted by atomic mass is 35.5. The molecule has 2 atom stereocenters. The van der Waals surface area contributed by atoms with Crippen molar-refractivity contribution < 1.29 is 24.2 Å². The first kappa shape index (κ1) is 24.0. The molecule has 2 aromatic heterocycles. The SMILES string of the molecule is CCC(=O)c1nc(N2CCC(C(=N)C(=O)c3nc(Cl)c(CC)[nH]3)[C@@H](OC)C2)sc1C(=O)O. The molecule has 0 saturated carbocycles. The molecule has 1 fully saturated rings. The number of nitrogens with one attached hydrogen (secondary N) is 2. The highest BCUT2D eigenvalue weighted by molar-refractivity contribution is 7.17. The lowest BCUT2D eigenvalue weighted by Crippen LogP contribution is -2.49. The van der Waals surface area contributed by atoms with Crippen LogP contribution in [-0.2, 0) is 11.2 Å². The molecule has 2 aromatic rings. The van der Waals surface area contributed by atoms with Gasteiger partial charge in [0.25, 0.3) is 0 Å². The van der Waals surface area contributed by atoms with E-state index in [0.29, 0.717) is 36.8 Å². The van der Waals surface area contributed by atoms with Gasteiger partial charge in [0.2, 0.25) is 5.78 Å². The summed E-state index contributed by atoms with van der Waals surface area (Å²) in [6.07, 6.45) is 0.651. The van der Waals surface area contributed by atoms with Gasteiger partial charge in [0, 0.05) is 32.5 Å². The van der Waals surface area contributed by atoms with E-state index in [1.807, 2.05) is 11.8 Å². The molecule has 3 heterocycles. The van der Waals surface area contributed by atoms with Crippen LogP contribution in [0.25, 0.3) is 0 Å². The Morgan fingerprint density at radius 1 is 1.34 bits per heavy atom. The Bertz CT molecular complexity index is 1060. The summed E-state index contributed by atoms with van der Waals surface area (Å²) >= 11 is 6.96. The molecule has 0 radical (unpaired) electrons. The average molecular weight is 482 g/mol. The second kappa shape index (κ2) is 9.88. The van der Waals surface area contributed by atoms with Crippen molar-refractivity contribution in [3.63, 3.8) is 0 Å². The summed E-state index contributed by atoms with van der Waals surface area (Å²) in [6, 6.07) is 0. The number of aromatic nitrogens is 3. The molecular formula is C20H24ClN5O5S. The number of nitrogens with zero attached hydrogens (tertiary/aromatic N) is 3. The Hall–Kier alpha value is -2.63. The van der Waals surface area contributed by atoms with Gasteiger partial charge in [-0.2, -0.15) is 0 Å². The third-order valence-corrected chi connectivity index (χ3v) is 6.86. The lowest BCUT2D eigenvalue weighted by Gasteiger charge is -2.37. The third-order valence-electron chi connectivity index (χ3n) is 5.44. The Morgan fingerprint density at radius 2 is 2.06 bits per heavy atom. The predicted molar refractivity (Wildman–Crippen MR) is 120 cm³/mol. The first-order valence-electron chi connectivity index (χ1n) is 10.1. The second-order valence-corrected chi connectivity index (χ2v) is 8.66. The van der Waals surface area contributed by atoms with Gasteiger partial charge in [-0.15, -0.1) is 0 Å². The van der Waals surface area contributed by atoms with Crippen LogP contribution < -0.4 is 4.90 Å². The Kier molecular flexibility index (Phi) is 7.42. The maximum atomic E-state index is 12.8. The van der Waals surface area contributed by atoms with E-state index in [9.17, 15) is 19.5 Å². The van der Waals surface area contributed by atoms with Gasteiger partial charge in [-0.25, -0.2) is 14.8 Å². The van der Waals surface area contributed by atoms with E-state index >= 15 is 0 Å². The molecule has 1 unspecified atom stereocenters. The number of thiazole rings is 1. The quantitative estimate of drug-likeness (QED) is 0.365. The van der Waals surface area contributed by atoms with Crippen molar-refractivity contribution in [2.75, 3.05) is 25.1 Å². The van der Waals surface area contributed by atoms with Crippen molar-refractivity contribution in [3.8, 4) is 0 Å². The first-order valence-corrected chi connectivity index (χ1v) is 11.3. The number of ether oxygens (including phenoxy) is 1. The smallest absolute Gasteiger partial charge is 0.348 e. The van der Waals surface area contributed by atoms with Crippen LogP contribution in [0.3, 0.4) is 0 Å². The van der Waals surface area contributed by atoms with Crippen molar-refractivity contribution in [2.24, 2.45) is 5.92 Å². The van der Waals surface area contributed by atoms with Crippen LogP contribution in [0.2, 0.25) is 5.15 Å². The van der Waals surface area contributed by atoms with E-state index in [1.165, 1.54) is 7.11 Å². The fraction of sp³-hybridized carbons (Fsp3) is 0.500. The molecule has 1 aliphatic heterocycles. The van der Waals surface area contributed by atoms with Gasteiger partial charge in [-0.05, 0) is 12.8 Å². The van der Waals surface area contributed by atoms with Crippen molar-refractivity contribution >= 4 is 51.3 Å². The summed E-state index contributed by atoms with van der Waals surface area (Å²) in [4.78, 5) is 49.4. The fourth-order valence-electron chi connectivity index (χ4n) is 3.63. The number of carbonyl (C=O) groups excluding carboxylic acids is 2. The van der Waals surface area contributed by atoms with Gasteiger partial charge in [-0.1, -0.05) is 36.8 Å². The molecule has 10 nitrogen and oxygen atoms in total. The van der Waals surface area contributed by atoms with Crippen LogP contribution in [-0.4, -0.2) is 69.6 Å². The molecule has 32 heavy (non-hydrogen) atoms. The van der Waals surface area contributed by atoms with Crippen molar-refractivity contribution in [3.05, 3.63) is 27.2 Å². The maximum absolute atomic E-state index is 12.8. The zero-order valence-corrected chi connectivity index (χ0v) is 19.5.